The van der Waals surface area contributed by atoms with Crippen LogP contribution in [0.2, 0.25) is 5.02 Å². The minimum atomic E-state index is 0.600. The predicted molar refractivity (Wildman–Crippen MR) is 84.1 cm³/mol. The number of piperidine rings is 1. The van der Waals surface area contributed by atoms with Crippen LogP contribution < -0.4 is 10.2 Å². The first kappa shape index (κ1) is 14.7. The molecule has 1 aromatic carbocycles. The molecule has 1 heterocycles. The van der Waals surface area contributed by atoms with E-state index < -0.39 is 0 Å². The van der Waals surface area contributed by atoms with Crippen LogP contribution >= 0.6 is 11.6 Å². The third-order valence-electron chi connectivity index (χ3n) is 4.17. The van der Waals surface area contributed by atoms with E-state index in [-0.39, 0.29) is 0 Å². The van der Waals surface area contributed by atoms with Gasteiger partial charge in [0.1, 0.15) is 0 Å². The largest absolute Gasteiger partial charge is 0.371 e. The standard InChI is InChI=1S/C16H25ClN2/c1-12(2)13(3)18-15-7-9-19(10-8-15)16-6-4-5-14(17)11-16/h4-6,11-13,15,18H,7-10H2,1-3H3/t13-/m1/s1. The second kappa shape index (κ2) is 6.62. The predicted octanol–water partition coefficient (Wildman–Crippen LogP) is 3.94. The van der Waals surface area contributed by atoms with Gasteiger partial charge >= 0.3 is 0 Å². The number of benzene rings is 1. The summed E-state index contributed by atoms with van der Waals surface area (Å²) in [5.41, 5.74) is 1.25. The Labute approximate surface area is 122 Å². The van der Waals surface area contributed by atoms with E-state index in [0.717, 1.165) is 18.1 Å². The third-order valence-corrected chi connectivity index (χ3v) is 4.40. The van der Waals surface area contributed by atoms with E-state index in [1.54, 1.807) is 0 Å². The topological polar surface area (TPSA) is 15.3 Å². The molecule has 0 unspecified atom stereocenters. The van der Waals surface area contributed by atoms with Crippen LogP contribution in [0.15, 0.2) is 24.3 Å². The lowest BCUT2D eigenvalue weighted by Crippen LogP contribution is -2.46. The maximum atomic E-state index is 6.06. The van der Waals surface area contributed by atoms with Crippen LogP contribution in [0.1, 0.15) is 33.6 Å². The summed E-state index contributed by atoms with van der Waals surface area (Å²) in [5, 5.41) is 4.57. The summed E-state index contributed by atoms with van der Waals surface area (Å²) < 4.78 is 0. The van der Waals surface area contributed by atoms with Gasteiger partial charge in [0.25, 0.3) is 0 Å². The number of nitrogens with zero attached hydrogens (tertiary/aromatic N) is 1. The summed E-state index contributed by atoms with van der Waals surface area (Å²) in [6.45, 7) is 9.07. The molecule has 1 aliphatic heterocycles. The van der Waals surface area contributed by atoms with Gasteiger partial charge in [0.2, 0.25) is 0 Å². The molecule has 0 bridgehead atoms. The van der Waals surface area contributed by atoms with Gasteiger partial charge in [-0.05, 0) is 43.9 Å². The molecule has 0 saturated carbocycles. The van der Waals surface area contributed by atoms with Gasteiger partial charge in [0.15, 0.2) is 0 Å². The Morgan fingerprint density at radius 3 is 2.47 bits per heavy atom. The van der Waals surface area contributed by atoms with Crippen molar-refractivity contribution >= 4 is 17.3 Å². The molecule has 1 saturated heterocycles. The molecule has 2 rings (SSSR count). The van der Waals surface area contributed by atoms with Crippen molar-refractivity contribution in [1.29, 1.82) is 0 Å². The summed E-state index contributed by atoms with van der Waals surface area (Å²) in [6, 6.07) is 9.44. The van der Waals surface area contributed by atoms with Gasteiger partial charge in [-0.3, -0.25) is 0 Å². The lowest BCUT2D eigenvalue weighted by atomic mass is 10.00. The summed E-state index contributed by atoms with van der Waals surface area (Å²) in [7, 11) is 0. The average Bonchev–Trinajstić information content (AvgIpc) is 2.39. The van der Waals surface area contributed by atoms with Crippen molar-refractivity contribution in [1.82, 2.24) is 5.32 Å². The SMILES string of the molecule is CC(C)[C@@H](C)NC1CCN(c2cccc(Cl)c2)CC1. The fourth-order valence-corrected chi connectivity index (χ4v) is 2.73. The van der Waals surface area contributed by atoms with Gasteiger partial charge in [-0.25, -0.2) is 0 Å². The highest BCUT2D eigenvalue weighted by Crippen LogP contribution is 2.23. The van der Waals surface area contributed by atoms with E-state index in [1.807, 2.05) is 12.1 Å². The first-order valence-electron chi connectivity index (χ1n) is 7.33. The van der Waals surface area contributed by atoms with Crippen molar-refractivity contribution in [3.8, 4) is 0 Å². The zero-order chi connectivity index (χ0) is 13.8. The fourth-order valence-electron chi connectivity index (χ4n) is 2.54. The number of anilines is 1. The molecule has 3 heteroatoms. The number of halogens is 1. The summed E-state index contributed by atoms with van der Waals surface area (Å²) in [6.07, 6.45) is 2.42. The number of hydrogen-bond acceptors (Lipinski definition) is 2. The number of hydrogen-bond donors (Lipinski definition) is 1. The molecule has 0 radical (unpaired) electrons. The van der Waals surface area contributed by atoms with E-state index in [9.17, 15) is 0 Å². The minimum Gasteiger partial charge on any atom is -0.371 e. The molecule has 0 aromatic heterocycles. The molecule has 1 aliphatic rings. The Balaban J connectivity index is 1.85. The van der Waals surface area contributed by atoms with Gasteiger partial charge < -0.3 is 10.2 Å². The molecule has 0 aliphatic carbocycles. The van der Waals surface area contributed by atoms with Gasteiger partial charge in [-0.1, -0.05) is 31.5 Å². The molecule has 106 valence electrons. The van der Waals surface area contributed by atoms with Crippen molar-refractivity contribution in [2.24, 2.45) is 5.92 Å². The molecule has 1 fully saturated rings. The molecule has 2 nitrogen and oxygen atoms in total. The molecular weight excluding hydrogens is 256 g/mol. The van der Waals surface area contributed by atoms with E-state index in [0.29, 0.717) is 18.0 Å². The maximum Gasteiger partial charge on any atom is 0.0426 e. The first-order valence-corrected chi connectivity index (χ1v) is 7.70. The number of nitrogens with one attached hydrogen (secondary N) is 1. The Hall–Kier alpha value is -0.730. The molecule has 19 heavy (non-hydrogen) atoms. The van der Waals surface area contributed by atoms with Gasteiger partial charge in [0, 0.05) is 35.9 Å². The van der Waals surface area contributed by atoms with Crippen LogP contribution in [-0.2, 0) is 0 Å². The zero-order valence-corrected chi connectivity index (χ0v) is 13.0. The minimum absolute atomic E-state index is 0.600. The molecule has 1 N–H and O–H groups in total. The van der Waals surface area contributed by atoms with Gasteiger partial charge in [-0.2, -0.15) is 0 Å². The Bertz CT molecular complexity index is 397. The summed E-state index contributed by atoms with van der Waals surface area (Å²) in [4.78, 5) is 2.43. The first-order chi connectivity index (χ1) is 9.06. The summed E-state index contributed by atoms with van der Waals surface area (Å²) >= 11 is 6.06. The van der Waals surface area contributed by atoms with Crippen molar-refractivity contribution < 1.29 is 0 Å². The van der Waals surface area contributed by atoms with Crippen molar-refractivity contribution in [3.05, 3.63) is 29.3 Å². The van der Waals surface area contributed by atoms with Crippen LogP contribution in [0.4, 0.5) is 5.69 Å². The monoisotopic (exact) mass is 280 g/mol. The molecule has 1 aromatic rings. The Kier molecular flexibility index (Phi) is 5.12. The van der Waals surface area contributed by atoms with E-state index in [4.69, 9.17) is 11.6 Å². The lowest BCUT2D eigenvalue weighted by Gasteiger charge is -2.36. The number of rotatable bonds is 4. The van der Waals surface area contributed by atoms with Crippen molar-refractivity contribution in [2.75, 3.05) is 18.0 Å². The summed E-state index contributed by atoms with van der Waals surface area (Å²) in [5.74, 6) is 0.700. The van der Waals surface area contributed by atoms with Gasteiger partial charge in [-0.15, -0.1) is 0 Å². The maximum absolute atomic E-state index is 6.06. The molecule has 0 spiro atoms. The van der Waals surface area contributed by atoms with Crippen molar-refractivity contribution in [3.63, 3.8) is 0 Å². The second-order valence-corrected chi connectivity index (χ2v) is 6.38. The highest BCUT2D eigenvalue weighted by Gasteiger charge is 2.21. The van der Waals surface area contributed by atoms with Crippen LogP contribution in [0, 0.1) is 5.92 Å². The fraction of sp³-hybridized carbons (Fsp3) is 0.625. The normalized spacial score (nSPS) is 18.9. The van der Waals surface area contributed by atoms with E-state index >= 15 is 0 Å². The third kappa shape index (κ3) is 4.12. The van der Waals surface area contributed by atoms with E-state index in [1.165, 1.54) is 18.5 Å². The highest BCUT2D eigenvalue weighted by atomic mass is 35.5. The van der Waals surface area contributed by atoms with Crippen LogP contribution in [0.25, 0.3) is 0 Å². The van der Waals surface area contributed by atoms with E-state index in [2.05, 4.69) is 43.1 Å². The smallest absolute Gasteiger partial charge is 0.0426 e. The molecule has 1 atom stereocenters. The Morgan fingerprint density at radius 2 is 1.89 bits per heavy atom. The highest BCUT2D eigenvalue weighted by molar-refractivity contribution is 6.30. The zero-order valence-electron chi connectivity index (χ0n) is 12.2. The second-order valence-electron chi connectivity index (χ2n) is 5.94. The van der Waals surface area contributed by atoms with Crippen LogP contribution in [0.5, 0.6) is 0 Å². The Morgan fingerprint density at radius 1 is 1.21 bits per heavy atom. The van der Waals surface area contributed by atoms with Crippen LogP contribution in [-0.4, -0.2) is 25.2 Å². The molecular formula is C16H25ClN2. The van der Waals surface area contributed by atoms with Gasteiger partial charge in [0.05, 0.1) is 0 Å². The average molecular weight is 281 g/mol. The van der Waals surface area contributed by atoms with Crippen LogP contribution in [0.3, 0.4) is 0 Å². The molecule has 0 amide bonds. The van der Waals surface area contributed by atoms with Crippen molar-refractivity contribution in [2.45, 2.75) is 45.7 Å². The lowest BCUT2D eigenvalue weighted by molar-refractivity contribution is 0.331. The quantitative estimate of drug-likeness (QED) is 0.899.